The fourth-order valence-electron chi connectivity index (χ4n) is 3.82. The van der Waals surface area contributed by atoms with Crippen LogP contribution in [0.1, 0.15) is 40.5 Å². The molecule has 0 bridgehead atoms. The lowest BCUT2D eigenvalue weighted by atomic mass is 9.91. The molecule has 0 heterocycles. The summed E-state index contributed by atoms with van der Waals surface area (Å²) in [5.74, 6) is 0.668. The molecule has 0 N–H and O–H groups in total. The first-order valence-electron chi connectivity index (χ1n) is 7.98. The van der Waals surface area contributed by atoms with Crippen molar-refractivity contribution in [2.45, 2.75) is 59.2 Å². The molecule has 0 saturated heterocycles. The molecular weight excluding hydrogens is 256 g/mol. The predicted octanol–water partition coefficient (Wildman–Crippen LogP) is 5.37. The lowest BCUT2D eigenvalue weighted by molar-refractivity contribution is 0.388. The van der Waals surface area contributed by atoms with E-state index in [0.29, 0.717) is 11.3 Å². The fraction of sp³-hybridized carbons (Fsp3) is 0.579. The zero-order valence-electron chi connectivity index (χ0n) is 14.0. The number of rotatable bonds is 3. The molecule has 1 aromatic rings. The first-order chi connectivity index (χ1) is 9.22. The van der Waals surface area contributed by atoms with Crippen LogP contribution in [0.4, 0.5) is 0 Å². The normalized spacial score (nSPS) is 24.6. The van der Waals surface area contributed by atoms with Crippen LogP contribution in [0.15, 0.2) is 42.0 Å². The Morgan fingerprint density at radius 1 is 1.15 bits per heavy atom. The molecule has 1 saturated carbocycles. The number of allylic oxidation sites excluding steroid dienone is 2. The van der Waals surface area contributed by atoms with Gasteiger partial charge in [0.25, 0.3) is 0 Å². The van der Waals surface area contributed by atoms with Gasteiger partial charge in [-0.15, -0.1) is 0 Å². The van der Waals surface area contributed by atoms with Gasteiger partial charge in [0.1, 0.15) is 0 Å². The second-order valence-electron chi connectivity index (χ2n) is 8.17. The molecule has 0 aliphatic heterocycles. The zero-order valence-corrected chi connectivity index (χ0v) is 15.0. The lowest BCUT2D eigenvalue weighted by Gasteiger charge is -2.32. The van der Waals surface area contributed by atoms with Gasteiger partial charge in [-0.2, -0.15) is 0 Å². The first kappa shape index (κ1) is 15.6. The smallest absolute Gasteiger partial charge is 0.0827 e. The number of hydrogen-bond acceptors (Lipinski definition) is 0. The van der Waals surface area contributed by atoms with E-state index in [9.17, 15) is 0 Å². The van der Waals surface area contributed by atoms with Crippen molar-refractivity contribution in [3.63, 3.8) is 0 Å². The van der Waals surface area contributed by atoms with Crippen molar-refractivity contribution in [3.05, 3.63) is 42.0 Å². The minimum absolute atomic E-state index is 0.477. The first-order valence-corrected chi connectivity index (χ1v) is 11.1. The van der Waals surface area contributed by atoms with E-state index >= 15 is 0 Å². The summed E-state index contributed by atoms with van der Waals surface area (Å²) in [7, 11) is -1.43. The van der Waals surface area contributed by atoms with Crippen molar-refractivity contribution in [2.24, 2.45) is 11.3 Å². The summed E-state index contributed by atoms with van der Waals surface area (Å²) in [6.45, 7) is 14.6. The molecule has 1 aliphatic rings. The molecule has 1 aromatic carbocycles. The standard InChI is InChI=1S/C19H30Si/c1-15(2)12-16-13-19(3,4)14-18(16)20(5,6)17-10-8-7-9-11-17/h7-12,15,18H,13-14H2,1-6H3/b16-12+. The quantitative estimate of drug-likeness (QED) is 0.517. The van der Waals surface area contributed by atoms with E-state index < -0.39 is 8.07 Å². The van der Waals surface area contributed by atoms with Crippen molar-refractivity contribution in [1.82, 2.24) is 0 Å². The van der Waals surface area contributed by atoms with Gasteiger partial charge in [0.15, 0.2) is 0 Å². The van der Waals surface area contributed by atoms with E-state index in [1.807, 2.05) is 0 Å². The molecule has 1 fully saturated rings. The number of benzene rings is 1. The van der Waals surface area contributed by atoms with Gasteiger partial charge < -0.3 is 0 Å². The zero-order chi connectivity index (χ0) is 15.0. The monoisotopic (exact) mass is 286 g/mol. The Morgan fingerprint density at radius 2 is 1.75 bits per heavy atom. The molecular formula is C19H30Si. The second kappa shape index (κ2) is 5.52. The van der Waals surface area contributed by atoms with Crippen molar-refractivity contribution in [1.29, 1.82) is 0 Å². The van der Waals surface area contributed by atoms with E-state index in [4.69, 9.17) is 0 Å². The van der Waals surface area contributed by atoms with Gasteiger partial charge >= 0.3 is 0 Å². The average Bonchev–Trinajstić information content (AvgIpc) is 2.65. The Morgan fingerprint density at radius 3 is 2.30 bits per heavy atom. The fourth-order valence-corrected chi connectivity index (χ4v) is 7.46. The van der Waals surface area contributed by atoms with Crippen LogP contribution in [-0.2, 0) is 0 Å². The van der Waals surface area contributed by atoms with Gasteiger partial charge in [-0.25, -0.2) is 0 Å². The Hall–Kier alpha value is -0.823. The topological polar surface area (TPSA) is 0 Å². The van der Waals surface area contributed by atoms with Gasteiger partial charge in [0.05, 0.1) is 8.07 Å². The summed E-state index contributed by atoms with van der Waals surface area (Å²) < 4.78 is 0. The van der Waals surface area contributed by atoms with Gasteiger partial charge in [0, 0.05) is 0 Å². The maximum absolute atomic E-state index is 2.56. The highest BCUT2D eigenvalue weighted by molar-refractivity contribution is 6.91. The summed E-state index contributed by atoms with van der Waals surface area (Å²) >= 11 is 0. The lowest BCUT2D eigenvalue weighted by Crippen LogP contribution is -2.45. The predicted molar refractivity (Wildman–Crippen MR) is 93.2 cm³/mol. The summed E-state index contributed by atoms with van der Waals surface area (Å²) in [5, 5.41) is 1.61. The van der Waals surface area contributed by atoms with Gasteiger partial charge in [-0.1, -0.05) is 88.0 Å². The molecule has 20 heavy (non-hydrogen) atoms. The third-order valence-corrected chi connectivity index (χ3v) is 8.96. The van der Waals surface area contributed by atoms with Gasteiger partial charge in [0.2, 0.25) is 0 Å². The van der Waals surface area contributed by atoms with Crippen LogP contribution >= 0.6 is 0 Å². The average molecular weight is 287 g/mol. The van der Waals surface area contributed by atoms with E-state index in [2.05, 4.69) is 77.2 Å². The van der Waals surface area contributed by atoms with Gasteiger partial charge in [-0.3, -0.25) is 0 Å². The van der Waals surface area contributed by atoms with Crippen LogP contribution in [0.2, 0.25) is 18.6 Å². The Balaban J connectivity index is 2.38. The Bertz CT molecular complexity index is 480. The molecule has 110 valence electrons. The molecule has 0 spiro atoms. The molecule has 1 unspecified atom stereocenters. The van der Waals surface area contributed by atoms with Crippen LogP contribution in [-0.4, -0.2) is 8.07 Å². The van der Waals surface area contributed by atoms with Crippen LogP contribution in [0.25, 0.3) is 0 Å². The molecule has 1 atom stereocenters. The summed E-state index contributed by atoms with van der Waals surface area (Å²) in [4.78, 5) is 0. The molecule has 1 heteroatoms. The maximum atomic E-state index is 2.56. The molecule has 0 radical (unpaired) electrons. The molecule has 0 aromatic heterocycles. The summed E-state index contributed by atoms with van der Waals surface area (Å²) in [6.07, 6.45) is 5.20. The highest BCUT2D eigenvalue weighted by Gasteiger charge is 2.44. The van der Waals surface area contributed by atoms with Gasteiger partial charge in [-0.05, 0) is 29.7 Å². The van der Waals surface area contributed by atoms with Crippen molar-refractivity contribution < 1.29 is 0 Å². The largest absolute Gasteiger partial charge is 0.0876 e. The van der Waals surface area contributed by atoms with Crippen molar-refractivity contribution in [2.75, 3.05) is 0 Å². The van der Waals surface area contributed by atoms with E-state index in [1.54, 1.807) is 10.8 Å². The SMILES string of the molecule is CC(C)/C=C1\CC(C)(C)CC1[Si](C)(C)c1ccccc1. The highest BCUT2D eigenvalue weighted by atomic mass is 28.3. The molecule has 0 nitrogen and oxygen atoms in total. The third kappa shape index (κ3) is 3.25. The van der Waals surface area contributed by atoms with E-state index in [0.717, 1.165) is 5.54 Å². The van der Waals surface area contributed by atoms with Crippen LogP contribution in [0.5, 0.6) is 0 Å². The molecule has 2 rings (SSSR count). The summed E-state index contributed by atoms with van der Waals surface area (Å²) in [5.41, 5.74) is 3.03. The Kier molecular flexibility index (Phi) is 4.29. The number of hydrogen-bond donors (Lipinski definition) is 0. The molecule has 0 amide bonds. The second-order valence-corrected chi connectivity index (χ2v) is 12.9. The van der Waals surface area contributed by atoms with Crippen LogP contribution in [0, 0.1) is 11.3 Å². The van der Waals surface area contributed by atoms with Crippen molar-refractivity contribution >= 4 is 13.3 Å². The minimum Gasteiger partial charge on any atom is -0.0827 e. The van der Waals surface area contributed by atoms with Crippen LogP contribution < -0.4 is 5.19 Å². The molecule has 1 aliphatic carbocycles. The maximum Gasteiger partial charge on any atom is 0.0876 e. The van der Waals surface area contributed by atoms with E-state index in [1.165, 1.54) is 12.8 Å². The third-order valence-electron chi connectivity index (χ3n) is 4.82. The minimum atomic E-state index is -1.43. The van der Waals surface area contributed by atoms with E-state index in [-0.39, 0.29) is 0 Å². The summed E-state index contributed by atoms with van der Waals surface area (Å²) in [6, 6.07) is 11.2. The van der Waals surface area contributed by atoms with Crippen molar-refractivity contribution in [3.8, 4) is 0 Å². The highest BCUT2D eigenvalue weighted by Crippen LogP contribution is 2.52. The Labute approximate surface area is 126 Å². The van der Waals surface area contributed by atoms with Crippen LogP contribution in [0.3, 0.4) is 0 Å².